The van der Waals surface area contributed by atoms with Crippen LogP contribution in [0.2, 0.25) is 0 Å². The van der Waals surface area contributed by atoms with E-state index in [0.29, 0.717) is 0 Å². The highest BCUT2D eigenvalue weighted by Gasteiger charge is 2.06. The van der Waals surface area contributed by atoms with Crippen LogP contribution in [0.5, 0.6) is 0 Å². The zero-order valence-electron chi connectivity index (χ0n) is 12.6. The largest absolute Gasteiger partial charge is 0.376 e. The number of hydrogen-bond acceptors (Lipinski definition) is 2. The Morgan fingerprint density at radius 1 is 0.857 bits per heavy atom. The monoisotopic (exact) mass is 282 g/mol. The maximum Gasteiger partial charge on any atom is 0.243 e. The molecule has 0 aliphatic carbocycles. The molecule has 0 unspecified atom stereocenters. The van der Waals surface area contributed by atoms with E-state index in [9.17, 15) is 4.79 Å². The van der Waals surface area contributed by atoms with Crippen molar-refractivity contribution in [2.45, 2.75) is 26.7 Å². The first kappa shape index (κ1) is 15.1. The quantitative estimate of drug-likeness (QED) is 0.844. The summed E-state index contributed by atoms with van der Waals surface area (Å²) in [5, 5.41) is 6.18. The van der Waals surface area contributed by atoms with Gasteiger partial charge in [-0.1, -0.05) is 50.2 Å². The lowest BCUT2D eigenvalue weighted by Crippen LogP contribution is -2.22. The van der Waals surface area contributed by atoms with E-state index in [2.05, 4.69) is 30.5 Å². The minimum absolute atomic E-state index is 0.0261. The standard InChI is InChI=1S/C18H22N2O/c1-3-14-9-5-7-11-16(14)19-13-18(21)20-17-12-8-6-10-15(17)4-2/h5-12,19H,3-4,13H2,1-2H3,(H,20,21). The number of para-hydroxylation sites is 2. The van der Waals surface area contributed by atoms with Gasteiger partial charge in [-0.3, -0.25) is 4.79 Å². The van der Waals surface area contributed by atoms with Crippen molar-refractivity contribution < 1.29 is 4.79 Å². The molecule has 1 amide bonds. The van der Waals surface area contributed by atoms with Gasteiger partial charge in [-0.15, -0.1) is 0 Å². The molecule has 0 bridgehead atoms. The van der Waals surface area contributed by atoms with Crippen molar-refractivity contribution in [3.05, 3.63) is 59.7 Å². The molecule has 0 aliphatic rings. The lowest BCUT2D eigenvalue weighted by molar-refractivity contribution is -0.114. The van der Waals surface area contributed by atoms with E-state index in [0.717, 1.165) is 29.8 Å². The van der Waals surface area contributed by atoms with E-state index in [1.807, 2.05) is 42.5 Å². The van der Waals surface area contributed by atoms with Gasteiger partial charge in [0, 0.05) is 11.4 Å². The fourth-order valence-electron chi connectivity index (χ4n) is 2.32. The summed E-state index contributed by atoms with van der Waals surface area (Å²) in [5.74, 6) is -0.0261. The normalized spacial score (nSPS) is 10.2. The van der Waals surface area contributed by atoms with Crippen LogP contribution in [0.1, 0.15) is 25.0 Å². The lowest BCUT2D eigenvalue weighted by atomic mass is 10.1. The Morgan fingerprint density at radius 3 is 2.00 bits per heavy atom. The maximum absolute atomic E-state index is 12.1. The van der Waals surface area contributed by atoms with E-state index in [4.69, 9.17) is 0 Å². The van der Waals surface area contributed by atoms with Crippen LogP contribution in [0.3, 0.4) is 0 Å². The van der Waals surface area contributed by atoms with Crippen molar-refractivity contribution >= 4 is 17.3 Å². The van der Waals surface area contributed by atoms with Crippen LogP contribution in [0.15, 0.2) is 48.5 Å². The Balaban J connectivity index is 1.96. The van der Waals surface area contributed by atoms with E-state index in [-0.39, 0.29) is 12.5 Å². The predicted molar refractivity (Wildman–Crippen MR) is 88.8 cm³/mol. The van der Waals surface area contributed by atoms with E-state index in [1.54, 1.807) is 0 Å². The summed E-state index contributed by atoms with van der Waals surface area (Å²) in [5.41, 5.74) is 4.30. The van der Waals surface area contributed by atoms with Gasteiger partial charge in [0.2, 0.25) is 5.91 Å². The summed E-state index contributed by atoms with van der Waals surface area (Å²) in [4.78, 5) is 12.1. The molecule has 0 atom stereocenters. The molecule has 0 aromatic heterocycles. The van der Waals surface area contributed by atoms with Crippen LogP contribution >= 0.6 is 0 Å². The molecule has 0 aliphatic heterocycles. The SMILES string of the molecule is CCc1ccccc1NCC(=O)Nc1ccccc1CC. The average Bonchev–Trinajstić information content (AvgIpc) is 2.53. The maximum atomic E-state index is 12.1. The van der Waals surface area contributed by atoms with Crippen LogP contribution in [-0.4, -0.2) is 12.5 Å². The molecule has 2 rings (SSSR count). The number of carbonyl (C=O) groups excluding carboxylic acids is 1. The van der Waals surface area contributed by atoms with Gasteiger partial charge in [-0.2, -0.15) is 0 Å². The number of benzene rings is 2. The third kappa shape index (κ3) is 4.09. The zero-order valence-corrected chi connectivity index (χ0v) is 12.6. The van der Waals surface area contributed by atoms with Gasteiger partial charge in [0.15, 0.2) is 0 Å². The van der Waals surface area contributed by atoms with Gasteiger partial charge < -0.3 is 10.6 Å². The second-order valence-electron chi connectivity index (χ2n) is 4.92. The highest BCUT2D eigenvalue weighted by Crippen LogP contribution is 2.17. The number of carbonyl (C=O) groups is 1. The molecule has 110 valence electrons. The number of rotatable bonds is 6. The van der Waals surface area contributed by atoms with Crippen molar-refractivity contribution in [3.63, 3.8) is 0 Å². The summed E-state index contributed by atoms with van der Waals surface area (Å²) < 4.78 is 0. The highest BCUT2D eigenvalue weighted by molar-refractivity contribution is 5.94. The zero-order chi connectivity index (χ0) is 15.1. The number of anilines is 2. The molecule has 3 heteroatoms. The minimum atomic E-state index is -0.0261. The van der Waals surface area contributed by atoms with Gasteiger partial charge in [-0.25, -0.2) is 0 Å². The molecule has 0 spiro atoms. The van der Waals surface area contributed by atoms with Crippen LogP contribution < -0.4 is 10.6 Å². The number of hydrogen-bond donors (Lipinski definition) is 2. The first-order valence-corrected chi connectivity index (χ1v) is 7.44. The third-order valence-electron chi connectivity index (χ3n) is 3.51. The Bertz CT molecular complexity index is 608. The highest BCUT2D eigenvalue weighted by atomic mass is 16.1. The smallest absolute Gasteiger partial charge is 0.243 e. The molecule has 0 saturated heterocycles. The Labute approximate surface area is 126 Å². The van der Waals surface area contributed by atoms with Crippen molar-refractivity contribution in [2.24, 2.45) is 0 Å². The second-order valence-corrected chi connectivity index (χ2v) is 4.92. The number of nitrogens with one attached hydrogen (secondary N) is 2. The molecule has 2 aromatic rings. The molecule has 3 nitrogen and oxygen atoms in total. The van der Waals surface area contributed by atoms with Gasteiger partial charge in [0.25, 0.3) is 0 Å². The summed E-state index contributed by atoms with van der Waals surface area (Å²) in [6.45, 7) is 4.47. The number of aryl methyl sites for hydroxylation is 2. The van der Waals surface area contributed by atoms with Crippen molar-refractivity contribution in [1.82, 2.24) is 0 Å². The molecule has 0 heterocycles. The summed E-state index contributed by atoms with van der Waals surface area (Å²) in [7, 11) is 0. The molecule has 2 aromatic carbocycles. The average molecular weight is 282 g/mol. The Kier molecular flexibility index (Phi) is 5.38. The van der Waals surface area contributed by atoms with Gasteiger partial charge in [0.05, 0.1) is 6.54 Å². The Morgan fingerprint density at radius 2 is 1.38 bits per heavy atom. The van der Waals surface area contributed by atoms with E-state index < -0.39 is 0 Å². The van der Waals surface area contributed by atoms with Crippen molar-refractivity contribution in [1.29, 1.82) is 0 Å². The van der Waals surface area contributed by atoms with Crippen molar-refractivity contribution in [2.75, 3.05) is 17.2 Å². The number of amides is 1. The Hall–Kier alpha value is -2.29. The molecule has 0 fully saturated rings. The van der Waals surface area contributed by atoms with Crippen LogP contribution in [0, 0.1) is 0 Å². The molecule has 0 radical (unpaired) electrons. The summed E-state index contributed by atoms with van der Waals surface area (Å²) in [6, 6.07) is 16.0. The molecular formula is C18H22N2O. The first-order chi connectivity index (χ1) is 10.2. The first-order valence-electron chi connectivity index (χ1n) is 7.44. The second kappa shape index (κ2) is 7.48. The van der Waals surface area contributed by atoms with Crippen LogP contribution in [0.4, 0.5) is 11.4 Å². The van der Waals surface area contributed by atoms with Crippen LogP contribution in [0.25, 0.3) is 0 Å². The van der Waals surface area contributed by atoms with Crippen LogP contribution in [-0.2, 0) is 17.6 Å². The summed E-state index contributed by atoms with van der Waals surface area (Å²) >= 11 is 0. The van der Waals surface area contributed by atoms with E-state index in [1.165, 1.54) is 5.56 Å². The fraction of sp³-hybridized carbons (Fsp3) is 0.278. The van der Waals surface area contributed by atoms with E-state index >= 15 is 0 Å². The molecule has 0 saturated carbocycles. The summed E-state index contributed by atoms with van der Waals surface area (Å²) in [6.07, 6.45) is 1.85. The van der Waals surface area contributed by atoms with Gasteiger partial charge in [0.1, 0.15) is 0 Å². The van der Waals surface area contributed by atoms with Gasteiger partial charge in [-0.05, 0) is 36.1 Å². The molecule has 21 heavy (non-hydrogen) atoms. The predicted octanol–water partition coefficient (Wildman–Crippen LogP) is 3.86. The molecular weight excluding hydrogens is 260 g/mol. The fourth-order valence-corrected chi connectivity index (χ4v) is 2.32. The van der Waals surface area contributed by atoms with Gasteiger partial charge >= 0.3 is 0 Å². The topological polar surface area (TPSA) is 41.1 Å². The third-order valence-corrected chi connectivity index (χ3v) is 3.51. The lowest BCUT2D eigenvalue weighted by Gasteiger charge is -2.12. The van der Waals surface area contributed by atoms with Crippen molar-refractivity contribution in [3.8, 4) is 0 Å². The molecule has 2 N–H and O–H groups in total. The minimum Gasteiger partial charge on any atom is -0.376 e.